The van der Waals surface area contributed by atoms with Crippen molar-refractivity contribution in [2.45, 2.75) is 136 Å². The monoisotopic (exact) mass is 651 g/mol. The van der Waals surface area contributed by atoms with Gasteiger partial charge in [-0.2, -0.15) is 0 Å². The molecular weight excluding hydrogens is 594 g/mol. The van der Waals surface area contributed by atoms with Gasteiger partial charge in [0.15, 0.2) is 0 Å². The highest BCUT2D eigenvalue weighted by Crippen LogP contribution is 2.39. The molecule has 0 radical (unpaired) electrons. The molecule has 0 aromatic rings. The Balaban J connectivity index is 2.05. The molecule has 11 nitrogen and oxygen atoms in total. The van der Waals surface area contributed by atoms with Crippen LogP contribution in [0.5, 0.6) is 0 Å². The Kier molecular flexibility index (Phi) is 13.5. The van der Waals surface area contributed by atoms with Crippen LogP contribution < -0.4 is 0 Å². The number of aliphatic hydroxyl groups excluding tert-OH is 1. The third-order valence-electron chi connectivity index (χ3n) is 10.3. The van der Waals surface area contributed by atoms with Gasteiger partial charge in [0.05, 0.1) is 18.3 Å². The number of aliphatic hydroxyl groups is 2. The molecule has 2 fully saturated rings. The lowest BCUT2D eigenvalue weighted by atomic mass is 9.82. The predicted molar refractivity (Wildman–Crippen MR) is 170 cm³/mol. The van der Waals surface area contributed by atoms with Crippen LogP contribution in [0.3, 0.4) is 0 Å². The molecule has 46 heavy (non-hydrogen) atoms. The van der Waals surface area contributed by atoms with Gasteiger partial charge in [0.25, 0.3) is 11.7 Å². The SMILES string of the molecule is CO[C@H]1C[C@@H](C)C/C(C)=C/[C@@H](C)C(=O)C[C@H](O)[C@@H](C)[C@@H](C(C)C)OC(=O)[C@@H]2CCCCN2C(=O)C(=O)[C@]2(O)O[C@H]1[C@@H](OC)C[C@H]2C. The van der Waals surface area contributed by atoms with E-state index in [0.717, 1.165) is 5.57 Å². The highest BCUT2D eigenvalue weighted by molar-refractivity contribution is 6.39. The third-order valence-corrected chi connectivity index (χ3v) is 10.3. The van der Waals surface area contributed by atoms with Crippen LogP contribution in [0.4, 0.5) is 0 Å². The fourth-order valence-electron chi connectivity index (χ4n) is 7.41. The van der Waals surface area contributed by atoms with Gasteiger partial charge in [-0.3, -0.25) is 14.4 Å². The molecule has 0 aromatic carbocycles. The normalized spacial score (nSPS) is 40.9. The number of hydrogen-bond acceptors (Lipinski definition) is 10. The first-order chi connectivity index (χ1) is 21.5. The van der Waals surface area contributed by atoms with Crippen molar-refractivity contribution in [1.29, 1.82) is 0 Å². The van der Waals surface area contributed by atoms with Crippen molar-refractivity contribution in [1.82, 2.24) is 4.90 Å². The van der Waals surface area contributed by atoms with Gasteiger partial charge < -0.3 is 34.1 Å². The molecule has 0 saturated carbocycles. The number of allylic oxidation sites excluding steroid dienone is 2. The van der Waals surface area contributed by atoms with Crippen molar-refractivity contribution in [3.63, 3.8) is 0 Å². The maximum atomic E-state index is 13.9. The van der Waals surface area contributed by atoms with Gasteiger partial charge in [-0.1, -0.05) is 53.2 Å². The topological polar surface area (TPSA) is 149 Å². The number of carbonyl (C=O) groups is 4. The first kappa shape index (κ1) is 38.3. The van der Waals surface area contributed by atoms with Crippen molar-refractivity contribution in [3.8, 4) is 0 Å². The van der Waals surface area contributed by atoms with Crippen LogP contribution in [-0.4, -0.2) is 102 Å². The van der Waals surface area contributed by atoms with Gasteiger partial charge in [0, 0.05) is 44.9 Å². The van der Waals surface area contributed by atoms with Crippen LogP contribution in [0, 0.1) is 29.6 Å². The average Bonchev–Trinajstić information content (AvgIpc) is 3.01. The van der Waals surface area contributed by atoms with Gasteiger partial charge in [0.2, 0.25) is 5.79 Å². The molecular formula is C35H57NO10. The van der Waals surface area contributed by atoms with Gasteiger partial charge >= 0.3 is 5.97 Å². The molecule has 3 heterocycles. The summed E-state index contributed by atoms with van der Waals surface area (Å²) in [5.74, 6) is -7.30. The Morgan fingerprint density at radius 3 is 2.22 bits per heavy atom. The first-order valence-electron chi connectivity index (χ1n) is 16.9. The van der Waals surface area contributed by atoms with E-state index in [4.69, 9.17) is 18.9 Å². The zero-order valence-electron chi connectivity index (χ0n) is 29.2. The van der Waals surface area contributed by atoms with Crippen molar-refractivity contribution < 1.29 is 48.3 Å². The number of methoxy groups -OCH3 is 2. The second-order valence-corrected chi connectivity index (χ2v) is 14.4. The predicted octanol–water partition coefficient (Wildman–Crippen LogP) is 3.62. The molecule has 0 unspecified atom stereocenters. The van der Waals surface area contributed by atoms with Crippen molar-refractivity contribution in [2.24, 2.45) is 29.6 Å². The van der Waals surface area contributed by atoms with Crippen LogP contribution >= 0.6 is 0 Å². The van der Waals surface area contributed by atoms with E-state index in [9.17, 15) is 29.4 Å². The summed E-state index contributed by atoms with van der Waals surface area (Å²) in [7, 11) is 3.06. The highest BCUT2D eigenvalue weighted by atomic mass is 16.7. The largest absolute Gasteiger partial charge is 0.460 e. The van der Waals surface area contributed by atoms with E-state index in [1.807, 2.05) is 40.7 Å². The van der Waals surface area contributed by atoms with Crippen molar-refractivity contribution in [3.05, 3.63) is 11.6 Å². The van der Waals surface area contributed by atoms with E-state index in [1.165, 1.54) is 19.1 Å². The minimum atomic E-state index is -2.45. The van der Waals surface area contributed by atoms with E-state index < -0.39 is 77.8 Å². The van der Waals surface area contributed by atoms with Gasteiger partial charge in [0.1, 0.15) is 24.0 Å². The summed E-state index contributed by atoms with van der Waals surface area (Å²) in [6, 6.07) is -1.04. The molecule has 2 saturated heterocycles. The van der Waals surface area contributed by atoms with E-state index >= 15 is 0 Å². The summed E-state index contributed by atoms with van der Waals surface area (Å²) in [5, 5.41) is 22.9. The highest BCUT2D eigenvalue weighted by Gasteiger charge is 2.56. The van der Waals surface area contributed by atoms with E-state index in [1.54, 1.807) is 13.8 Å². The smallest absolute Gasteiger partial charge is 0.329 e. The fraction of sp³-hybridized carbons (Fsp3) is 0.829. The summed E-state index contributed by atoms with van der Waals surface area (Å²) >= 11 is 0. The second kappa shape index (κ2) is 16.3. The number of fused-ring (bicyclic) bond motifs is 3. The standard InChI is InChI=1S/C35H57NO10/c1-19(2)30-24(7)27(38)18-26(37)22(5)15-20(3)14-21(4)16-28(43-8)31-29(44-9)17-23(6)35(42,46-31)32(39)33(40)36-13-11-10-12-25(36)34(41)45-30/h15,19,21-25,27-31,38,42H,10-14,16-18H2,1-9H3/b20-15+/t21-,22+,23+,24+,25-,27-,28-,29-,30+,31+,35+/m0/s1. The molecule has 11 atom stereocenters. The van der Waals surface area contributed by atoms with Gasteiger partial charge in [-0.15, -0.1) is 0 Å². The molecule has 3 rings (SSSR count). The maximum absolute atomic E-state index is 13.9. The lowest BCUT2D eigenvalue weighted by molar-refractivity contribution is -0.302. The number of hydrogen-bond donors (Lipinski definition) is 2. The number of amides is 1. The summed E-state index contributed by atoms with van der Waals surface area (Å²) in [6.45, 7) is 13.1. The molecule has 2 bridgehead atoms. The first-order valence-corrected chi connectivity index (χ1v) is 16.9. The maximum Gasteiger partial charge on any atom is 0.329 e. The Morgan fingerprint density at radius 2 is 1.61 bits per heavy atom. The minimum absolute atomic E-state index is 0.0678. The Bertz CT molecular complexity index is 1120. The Morgan fingerprint density at radius 1 is 0.978 bits per heavy atom. The number of cyclic esters (lactones) is 1. The van der Waals surface area contributed by atoms with E-state index in [0.29, 0.717) is 25.7 Å². The van der Waals surface area contributed by atoms with Crippen molar-refractivity contribution >= 4 is 23.4 Å². The van der Waals surface area contributed by atoms with Crippen LogP contribution in [0.2, 0.25) is 0 Å². The van der Waals surface area contributed by atoms with Crippen LogP contribution in [0.1, 0.15) is 93.4 Å². The summed E-state index contributed by atoms with van der Waals surface area (Å²) in [5.41, 5.74) is 1.00. The minimum Gasteiger partial charge on any atom is -0.460 e. The number of esters is 1. The zero-order chi connectivity index (χ0) is 34.5. The van der Waals surface area contributed by atoms with Crippen LogP contribution in [-0.2, 0) is 38.1 Å². The Hall–Kier alpha value is -2.18. The summed E-state index contributed by atoms with van der Waals surface area (Å²) < 4.78 is 23.7. The average molecular weight is 652 g/mol. The van der Waals surface area contributed by atoms with Crippen LogP contribution in [0.15, 0.2) is 11.6 Å². The second-order valence-electron chi connectivity index (χ2n) is 14.4. The third kappa shape index (κ3) is 8.64. The number of rotatable bonds is 3. The summed E-state index contributed by atoms with van der Waals surface area (Å²) in [4.78, 5) is 55.8. The number of ether oxygens (including phenoxy) is 4. The van der Waals surface area contributed by atoms with Crippen LogP contribution in [0.25, 0.3) is 0 Å². The lowest BCUT2D eigenvalue weighted by Gasteiger charge is -2.47. The molecule has 1 amide bonds. The molecule has 0 aromatic heterocycles. The fourth-order valence-corrected chi connectivity index (χ4v) is 7.41. The Labute approximate surface area is 274 Å². The van der Waals surface area contributed by atoms with E-state index in [-0.39, 0.29) is 43.4 Å². The number of ketones is 2. The molecule has 3 aliphatic heterocycles. The van der Waals surface area contributed by atoms with Gasteiger partial charge in [-0.05, 0) is 57.3 Å². The zero-order valence-corrected chi connectivity index (χ0v) is 29.2. The number of piperidine rings is 1. The molecule has 0 spiro atoms. The van der Waals surface area contributed by atoms with Gasteiger partial charge in [-0.25, -0.2) is 4.79 Å². The number of Topliss-reactive ketones (excluding diaryl/α,β-unsaturated/α-hetero) is 2. The summed E-state index contributed by atoms with van der Waals surface area (Å²) in [6.07, 6.45) is 0.983. The lowest BCUT2D eigenvalue weighted by Crippen LogP contribution is -2.64. The quantitative estimate of drug-likeness (QED) is 0.263. The number of carbonyl (C=O) groups excluding carboxylic acids is 4. The molecule has 11 heteroatoms. The number of nitrogens with zero attached hydrogens (tertiary/aromatic N) is 1. The van der Waals surface area contributed by atoms with Crippen molar-refractivity contribution in [2.75, 3.05) is 20.8 Å². The molecule has 262 valence electrons. The molecule has 2 N–H and O–H groups in total. The molecule has 0 aliphatic carbocycles. The van der Waals surface area contributed by atoms with E-state index in [2.05, 4.69) is 0 Å². The molecule has 3 aliphatic rings.